The Balaban J connectivity index is 0.000000164. The molecule has 4 N–H and O–H groups in total. The molecule has 15 heterocycles. The molecule has 15 aliphatic heterocycles. The molecule has 110 heavy (non-hydrogen) atoms. The Morgan fingerprint density at radius 3 is 1.14 bits per heavy atom. The standard InChI is InChI=1S/C26H35NO2.C22H27NO.2C18H27NO.C15H21NO.4H2/c1-19(2)23-8-4-6-20(14-23)16-26(28,17-21-7-5-9-24(15-21)29-3)25-18-27-12-10-22(25)11-13-27;1-17-7-5-6-10-20(17)22(24-16-18-8-3-2-4-9-18)21-15-23-13-11-19(21)12-14-23;2*1-14(2)18(20,12-15-6-4-3-5-7-15)17-13-19-10-8-16(17)9-11-19;1-11-4-2-3-5-13(11)15(17)14-10-16-8-6-12(14)7-9-16;;;;/h4-9,14-15,19,22,25,28H,10-13,16-18H2,1-3H3;2-10,19,21-22H,11-16H2,1H3;2*3-7,14,16-17,20H,8-13H2,1-2H3;2-5,12,14-15,17H,6-10H2,1H3;4*1H. The number of fused-ring (bicyclic) bond motifs is 15. The maximum atomic E-state index is 12.2. The maximum Gasteiger partial charge on any atom is 0.119 e. The highest BCUT2D eigenvalue weighted by molar-refractivity contribution is 5.34. The third-order valence-electron chi connectivity index (χ3n) is 28.9. The van der Waals surface area contributed by atoms with Crippen LogP contribution >= 0.6 is 0 Å². The lowest BCUT2D eigenvalue weighted by molar-refractivity contribution is -0.122. The largest absolute Gasteiger partial charge is 0.497 e. The first-order valence-electron chi connectivity index (χ1n) is 43.3. The van der Waals surface area contributed by atoms with Crippen molar-refractivity contribution in [3.05, 3.63) is 244 Å². The Kier molecular flexibility index (Phi) is 28.3. The third kappa shape index (κ3) is 20.2. The molecule has 10 unspecified atom stereocenters. The number of aliphatic hydroxyl groups excluding tert-OH is 1. The van der Waals surface area contributed by atoms with Gasteiger partial charge in [-0.25, -0.2) is 0 Å². The summed E-state index contributed by atoms with van der Waals surface area (Å²) in [6, 6.07) is 65.6. The zero-order valence-corrected chi connectivity index (χ0v) is 68.6. The van der Waals surface area contributed by atoms with Crippen molar-refractivity contribution in [3.8, 4) is 5.75 Å². The van der Waals surface area contributed by atoms with Crippen LogP contribution in [0.2, 0.25) is 0 Å². The van der Waals surface area contributed by atoms with E-state index < -0.39 is 16.8 Å². The van der Waals surface area contributed by atoms with Crippen molar-refractivity contribution in [2.24, 2.45) is 71.0 Å². The van der Waals surface area contributed by atoms with Gasteiger partial charge in [0.2, 0.25) is 0 Å². The van der Waals surface area contributed by atoms with E-state index in [0.717, 1.165) is 79.6 Å². The SMILES string of the molecule is CC(C)C(O)(Cc1ccccc1)C1CN2CCC1CC2.CC(C)C(O)(Cc1ccccc1)C1CN2CCC1CC2.COc1cccc(CC(O)(Cc2cccc(C(C)C)c2)C2CN3CCC2CC3)c1.Cc1ccccc1C(O)C1CN2CCC1CC2.Cc1ccccc1C(OCc1ccccc1)C1CN2CCC1CC2.[HH].[HH].[HH].[HH]. The number of methoxy groups -OCH3 is 1. The summed E-state index contributed by atoms with van der Waals surface area (Å²) in [5, 5.41) is 45.7. The second-order valence-electron chi connectivity index (χ2n) is 36.5. The second kappa shape index (κ2) is 37.9. The summed E-state index contributed by atoms with van der Waals surface area (Å²) in [7, 11) is 1.70. The average molecular weight is 1500 g/mol. The molecular weight excluding hydrogens is 1360 g/mol. The van der Waals surface area contributed by atoms with Gasteiger partial charge >= 0.3 is 0 Å². The molecule has 10 atom stereocenters. The van der Waals surface area contributed by atoms with Crippen molar-refractivity contribution in [1.82, 2.24) is 24.5 Å². The lowest BCUT2D eigenvalue weighted by atomic mass is 9.64. The zero-order valence-electron chi connectivity index (χ0n) is 68.6. The van der Waals surface area contributed by atoms with Crippen molar-refractivity contribution in [1.29, 1.82) is 0 Å². The Labute approximate surface area is 669 Å². The van der Waals surface area contributed by atoms with Gasteiger partial charge in [0.25, 0.3) is 0 Å². The van der Waals surface area contributed by atoms with Crippen LogP contribution in [0.3, 0.4) is 0 Å². The van der Waals surface area contributed by atoms with Crippen molar-refractivity contribution >= 4 is 0 Å². The van der Waals surface area contributed by atoms with Gasteiger partial charge in [-0.15, -0.1) is 0 Å². The number of rotatable bonds is 22. The number of piperidine rings is 15. The second-order valence-corrected chi connectivity index (χ2v) is 36.5. The van der Waals surface area contributed by atoms with Crippen molar-refractivity contribution in [2.75, 3.05) is 105 Å². The van der Waals surface area contributed by atoms with Gasteiger partial charge in [-0.3, -0.25) is 0 Å². The summed E-state index contributed by atoms with van der Waals surface area (Å²) in [5.74, 6) is 7.83. The summed E-state index contributed by atoms with van der Waals surface area (Å²) in [6.07, 6.45) is 15.6. The molecule has 22 rings (SSSR count). The molecule has 7 aromatic carbocycles. The molecule has 602 valence electrons. The first kappa shape index (κ1) is 81.9. The fourth-order valence-corrected chi connectivity index (χ4v) is 21.9. The number of nitrogens with zero attached hydrogens (tertiary/aromatic N) is 5. The van der Waals surface area contributed by atoms with Crippen molar-refractivity contribution < 1.29 is 35.6 Å². The summed E-state index contributed by atoms with van der Waals surface area (Å²) in [6.45, 7) is 36.0. The predicted octanol–water partition coefficient (Wildman–Crippen LogP) is 18.5. The molecule has 15 saturated heterocycles. The molecular formula is C99H145N5O6. The Morgan fingerprint density at radius 1 is 0.382 bits per heavy atom. The van der Waals surface area contributed by atoms with Crippen LogP contribution < -0.4 is 4.74 Å². The minimum Gasteiger partial charge on any atom is -0.497 e. The molecule has 0 aromatic heterocycles. The quantitative estimate of drug-likeness (QED) is 0.0520. The van der Waals surface area contributed by atoms with Gasteiger partial charge in [0.15, 0.2) is 0 Å². The zero-order chi connectivity index (χ0) is 76.9. The van der Waals surface area contributed by atoms with E-state index in [9.17, 15) is 20.4 Å². The van der Waals surface area contributed by atoms with Crippen LogP contribution in [0.5, 0.6) is 5.75 Å². The fraction of sp³-hybridized carbons (Fsp3) is 0.576. The Morgan fingerprint density at radius 2 is 0.745 bits per heavy atom. The van der Waals surface area contributed by atoms with E-state index in [4.69, 9.17) is 9.47 Å². The monoisotopic (exact) mass is 1500 g/mol. The number of hydrogen-bond donors (Lipinski definition) is 4. The highest BCUT2D eigenvalue weighted by Gasteiger charge is 2.51. The molecule has 10 bridgehead atoms. The van der Waals surface area contributed by atoms with Crippen LogP contribution in [0, 0.1) is 84.9 Å². The van der Waals surface area contributed by atoms with Crippen LogP contribution in [0.15, 0.2) is 188 Å². The van der Waals surface area contributed by atoms with Crippen LogP contribution in [0.25, 0.3) is 0 Å². The smallest absolute Gasteiger partial charge is 0.119 e. The number of aliphatic hydroxyl groups is 4. The van der Waals surface area contributed by atoms with E-state index in [2.05, 4.69) is 232 Å². The minimum absolute atomic E-state index is 0. The van der Waals surface area contributed by atoms with Gasteiger partial charge in [-0.05, 0) is 259 Å². The highest BCUT2D eigenvalue weighted by atomic mass is 16.5. The third-order valence-corrected chi connectivity index (χ3v) is 28.9. The molecule has 0 saturated carbocycles. The van der Waals surface area contributed by atoms with E-state index in [-0.39, 0.29) is 17.9 Å². The topological polar surface area (TPSA) is 116 Å². The molecule has 0 radical (unpaired) electrons. The van der Waals surface area contributed by atoms with Gasteiger partial charge < -0.3 is 54.4 Å². The molecule has 11 heteroatoms. The van der Waals surface area contributed by atoms with E-state index in [1.807, 2.05) is 36.4 Å². The van der Waals surface area contributed by atoms with E-state index in [0.29, 0.717) is 72.7 Å². The molecule has 15 aliphatic rings. The molecule has 0 aliphatic carbocycles. The maximum absolute atomic E-state index is 12.2. The Bertz CT molecular complexity index is 3850. The number of hydrogen-bond acceptors (Lipinski definition) is 11. The highest BCUT2D eigenvalue weighted by Crippen LogP contribution is 2.48. The van der Waals surface area contributed by atoms with Gasteiger partial charge in [-0.1, -0.05) is 217 Å². The van der Waals surface area contributed by atoms with E-state index >= 15 is 0 Å². The first-order chi connectivity index (χ1) is 53.2. The number of benzene rings is 7. The molecule has 0 spiro atoms. The van der Waals surface area contributed by atoms with E-state index in [1.54, 1.807) is 7.11 Å². The minimum atomic E-state index is -0.744. The van der Waals surface area contributed by atoms with Crippen LogP contribution in [-0.4, -0.2) is 167 Å². The fourth-order valence-electron chi connectivity index (χ4n) is 21.9. The first-order valence-corrected chi connectivity index (χ1v) is 43.3. The van der Waals surface area contributed by atoms with Gasteiger partial charge in [-0.2, -0.15) is 0 Å². The van der Waals surface area contributed by atoms with Crippen molar-refractivity contribution in [2.45, 2.75) is 187 Å². The molecule has 7 aromatic rings. The normalized spacial score (nSPS) is 29.7. The van der Waals surface area contributed by atoms with E-state index in [1.165, 1.54) is 181 Å². The lowest BCUT2D eigenvalue weighted by Gasteiger charge is -2.52. The number of ether oxygens (including phenoxy) is 2. The van der Waals surface area contributed by atoms with Gasteiger partial charge in [0.1, 0.15) is 5.75 Å². The van der Waals surface area contributed by atoms with Gasteiger partial charge in [0, 0.05) is 93.7 Å². The molecule has 11 nitrogen and oxygen atoms in total. The Hall–Kier alpha value is -6.06. The number of aryl methyl sites for hydroxylation is 2. The van der Waals surface area contributed by atoms with Crippen LogP contribution in [0.1, 0.15) is 185 Å². The van der Waals surface area contributed by atoms with Crippen LogP contribution in [0.4, 0.5) is 0 Å². The lowest BCUT2D eigenvalue weighted by Crippen LogP contribution is -2.59. The predicted molar refractivity (Wildman–Crippen MR) is 459 cm³/mol. The van der Waals surface area contributed by atoms with Crippen molar-refractivity contribution in [3.63, 3.8) is 0 Å². The average Bonchev–Trinajstić information content (AvgIpc) is 0.771. The molecule has 15 fully saturated rings. The summed E-state index contributed by atoms with van der Waals surface area (Å²) >= 11 is 0. The van der Waals surface area contributed by atoms with Gasteiger partial charge in [0.05, 0.1) is 42.7 Å². The van der Waals surface area contributed by atoms with Crippen LogP contribution in [-0.2, 0) is 37.0 Å². The summed E-state index contributed by atoms with van der Waals surface area (Å²) in [5.41, 5.74) is 10.8. The molecule has 0 amide bonds. The summed E-state index contributed by atoms with van der Waals surface area (Å²) in [4.78, 5) is 12.8. The summed E-state index contributed by atoms with van der Waals surface area (Å²) < 4.78 is 12.0.